The second-order valence-corrected chi connectivity index (χ2v) is 6.96. The van der Waals surface area contributed by atoms with E-state index in [2.05, 4.69) is 48.9 Å². The van der Waals surface area contributed by atoms with Crippen molar-refractivity contribution in [2.75, 3.05) is 6.54 Å². The van der Waals surface area contributed by atoms with Crippen LogP contribution in [-0.4, -0.2) is 17.3 Å². The van der Waals surface area contributed by atoms with Crippen LogP contribution in [0, 0.1) is 11.8 Å². The lowest BCUT2D eigenvalue weighted by atomic mass is 9.85. The molecule has 0 radical (unpaired) electrons. The number of carbonyl (C=O) groups is 1. The minimum absolute atomic E-state index is 0.0620. The number of halogens is 1. The number of carbonyl (C=O) groups excluding carboxylic acids is 1. The highest BCUT2D eigenvalue weighted by Crippen LogP contribution is 2.27. The second-order valence-electron chi connectivity index (χ2n) is 5.78. The summed E-state index contributed by atoms with van der Waals surface area (Å²) >= 11 is 3.62. The molecule has 0 saturated heterocycles. The van der Waals surface area contributed by atoms with E-state index in [1.807, 2.05) is 30.3 Å². The van der Waals surface area contributed by atoms with Crippen LogP contribution in [0.25, 0.3) is 0 Å². The number of hydrogen-bond acceptors (Lipinski definition) is 1. The smallest absolute Gasteiger partial charge is 0.227 e. The van der Waals surface area contributed by atoms with Crippen LogP contribution in [0.3, 0.4) is 0 Å². The lowest BCUT2D eigenvalue weighted by Crippen LogP contribution is -2.37. The molecule has 3 heteroatoms. The van der Waals surface area contributed by atoms with Crippen LogP contribution >= 0.6 is 15.9 Å². The molecule has 3 atom stereocenters. The summed E-state index contributed by atoms with van der Waals surface area (Å²) in [6.07, 6.45) is 0.995. The molecule has 0 aliphatic rings. The summed E-state index contributed by atoms with van der Waals surface area (Å²) in [5, 5.41) is 3.09. The molecule has 1 amide bonds. The molecule has 1 aromatic rings. The largest absolute Gasteiger partial charge is 0.354 e. The van der Waals surface area contributed by atoms with E-state index in [0.29, 0.717) is 23.2 Å². The first-order chi connectivity index (χ1) is 9.47. The van der Waals surface area contributed by atoms with Gasteiger partial charge in [0.1, 0.15) is 0 Å². The summed E-state index contributed by atoms with van der Waals surface area (Å²) in [6, 6.07) is 10.1. The van der Waals surface area contributed by atoms with Crippen LogP contribution in [0.2, 0.25) is 0 Å². The van der Waals surface area contributed by atoms with Crippen LogP contribution < -0.4 is 5.32 Å². The van der Waals surface area contributed by atoms with E-state index in [4.69, 9.17) is 0 Å². The Morgan fingerprint density at radius 1 is 1.20 bits per heavy atom. The van der Waals surface area contributed by atoms with Crippen molar-refractivity contribution in [1.82, 2.24) is 5.32 Å². The Bertz CT molecular complexity index is 405. The van der Waals surface area contributed by atoms with E-state index in [-0.39, 0.29) is 11.8 Å². The zero-order chi connectivity index (χ0) is 15.1. The summed E-state index contributed by atoms with van der Waals surface area (Å²) < 4.78 is 0. The van der Waals surface area contributed by atoms with Crippen molar-refractivity contribution in [2.24, 2.45) is 11.8 Å². The van der Waals surface area contributed by atoms with E-state index in [9.17, 15) is 4.79 Å². The van der Waals surface area contributed by atoms with Gasteiger partial charge >= 0.3 is 0 Å². The van der Waals surface area contributed by atoms with Gasteiger partial charge in [-0.3, -0.25) is 4.79 Å². The molecule has 0 fully saturated rings. The predicted molar refractivity (Wildman–Crippen MR) is 89.2 cm³/mol. The van der Waals surface area contributed by atoms with Crippen LogP contribution in [0.5, 0.6) is 0 Å². The fourth-order valence-electron chi connectivity index (χ4n) is 2.18. The highest BCUT2D eigenvalue weighted by molar-refractivity contribution is 9.09. The lowest BCUT2D eigenvalue weighted by molar-refractivity contribution is -0.123. The van der Waals surface area contributed by atoms with Gasteiger partial charge in [0.25, 0.3) is 0 Å². The normalized spacial score (nSPS) is 15.7. The van der Waals surface area contributed by atoms with Crippen molar-refractivity contribution in [1.29, 1.82) is 0 Å². The molecule has 0 saturated carbocycles. The average molecular weight is 340 g/mol. The second kappa shape index (κ2) is 8.46. The average Bonchev–Trinajstić information content (AvgIpc) is 2.45. The Morgan fingerprint density at radius 3 is 2.30 bits per heavy atom. The standard InChI is InChI=1S/C17H26BrNO/c1-5-13(4)16(14-9-7-6-8-10-14)17(20)19-11-15(18)12(2)3/h6-10,12-13,15-16H,5,11H2,1-4H3,(H,19,20). The summed E-state index contributed by atoms with van der Waals surface area (Å²) in [5.41, 5.74) is 1.11. The third-order valence-corrected chi connectivity index (χ3v) is 5.23. The van der Waals surface area contributed by atoms with Gasteiger partial charge in [-0.25, -0.2) is 0 Å². The van der Waals surface area contributed by atoms with Crippen molar-refractivity contribution < 1.29 is 4.79 Å². The van der Waals surface area contributed by atoms with Crippen molar-refractivity contribution >= 4 is 21.8 Å². The molecule has 0 heterocycles. The molecule has 0 aromatic heterocycles. The van der Waals surface area contributed by atoms with E-state index in [1.54, 1.807) is 0 Å². The summed E-state index contributed by atoms with van der Waals surface area (Å²) in [6.45, 7) is 9.25. The molecule has 0 spiro atoms. The highest BCUT2D eigenvalue weighted by atomic mass is 79.9. The van der Waals surface area contributed by atoms with Crippen LogP contribution in [0.15, 0.2) is 30.3 Å². The molecule has 1 rings (SSSR count). The van der Waals surface area contributed by atoms with E-state index >= 15 is 0 Å². The zero-order valence-electron chi connectivity index (χ0n) is 12.9. The number of amides is 1. The van der Waals surface area contributed by atoms with Gasteiger partial charge in [0.05, 0.1) is 5.92 Å². The number of nitrogens with one attached hydrogen (secondary N) is 1. The van der Waals surface area contributed by atoms with E-state index in [0.717, 1.165) is 12.0 Å². The molecule has 0 aliphatic carbocycles. The monoisotopic (exact) mass is 339 g/mol. The maximum atomic E-state index is 12.5. The fourth-order valence-corrected chi connectivity index (χ4v) is 2.34. The Labute approximate surface area is 131 Å². The van der Waals surface area contributed by atoms with Gasteiger partial charge in [-0.2, -0.15) is 0 Å². The van der Waals surface area contributed by atoms with Gasteiger partial charge in [-0.15, -0.1) is 0 Å². The van der Waals surface area contributed by atoms with Crippen LogP contribution in [0.1, 0.15) is 45.6 Å². The molecular weight excluding hydrogens is 314 g/mol. The molecule has 112 valence electrons. The fraction of sp³-hybridized carbons (Fsp3) is 0.588. The number of benzene rings is 1. The van der Waals surface area contributed by atoms with Crippen molar-refractivity contribution in [3.05, 3.63) is 35.9 Å². The summed E-state index contributed by atoms with van der Waals surface area (Å²) in [4.78, 5) is 12.9. The van der Waals surface area contributed by atoms with Gasteiger partial charge < -0.3 is 5.32 Å². The first-order valence-electron chi connectivity index (χ1n) is 7.44. The topological polar surface area (TPSA) is 29.1 Å². The Balaban J connectivity index is 2.77. The van der Waals surface area contributed by atoms with E-state index < -0.39 is 0 Å². The minimum atomic E-state index is -0.0620. The van der Waals surface area contributed by atoms with Gasteiger partial charge in [-0.1, -0.05) is 80.4 Å². The Hall–Kier alpha value is -0.830. The molecule has 0 bridgehead atoms. The maximum absolute atomic E-state index is 12.5. The Kier molecular flexibility index (Phi) is 7.28. The number of alkyl halides is 1. The molecule has 3 unspecified atom stereocenters. The molecule has 20 heavy (non-hydrogen) atoms. The van der Waals surface area contributed by atoms with Gasteiger partial charge in [-0.05, 0) is 17.4 Å². The van der Waals surface area contributed by atoms with Gasteiger partial charge in [0, 0.05) is 11.4 Å². The first kappa shape index (κ1) is 17.2. The van der Waals surface area contributed by atoms with Crippen molar-refractivity contribution in [3.8, 4) is 0 Å². The van der Waals surface area contributed by atoms with Crippen LogP contribution in [0.4, 0.5) is 0 Å². The van der Waals surface area contributed by atoms with Crippen LogP contribution in [-0.2, 0) is 4.79 Å². The maximum Gasteiger partial charge on any atom is 0.227 e. The third-order valence-electron chi connectivity index (χ3n) is 3.85. The molecular formula is C17H26BrNO. The number of rotatable bonds is 7. The molecule has 1 aromatic carbocycles. The lowest BCUT2D eigenvalue weighted by Gasteiger charge is -2.24. The SMILES string of the molecule is CCC(C)C(C(=O)NCC(Br)C(C)C)c1ccccc1. The highest BCUT2D eigenvalue weighted by Gasteiger charge is 2.26. The van der Waals surface area contributed by atoms with Crippen molar-refractivity contribution in [3.63, 3.8) is 0 Å². The summed E-state index contributed by atoms with van der Waals surface area (Å²) in [5.74, 6) is 0.919. The van der Waals surface area contributed by atoms with Gasteiger partial charge in [0.15, 0.2) is 0 Å². The Morgan fingerprint density at radius 2 is 1.80 bits per heavy atom. The van der Waals surface area contributed by atoms with E-state index in [1.165, 1.54) is 0 Å². The zero-order valence-corrected chi connectivity index (χ0v) is 14.5. The molecule has 2 nitrogen and oxygen atoms in total. The quantitative estimate of drug-likeness (QED) is 0.735. The minimum Gasteiger partial charge on any atom is -0.354 e. The molecule has 0 aliphatic heterocycles. The third kappa shape index (κ3) is 4.93. The summed E-state index contributed by atoms with van der Waals surface area (Å²) in [7, 11) is 0. The van der Waals surface area contributed by atoms with Crippen molar-refractivity contribution in [2.45, 2.75) is 44.9 Å². The first-order valence-corrected chi connectivity index (χ1v) is 8.35. The molecule has 1 N–H and O–H groups in total. The van der Waals surface area contributed by atoms with Gasteiger partial charge in [0.2, 0.25) is 5.91 Å². The number of hydrogen-bond donors (Lipinski definition) is 1. The predicted octanol–water partition coefficient (Wildman–Crippen LogP) is 4.35.